The van der Waals surface area contributed by atoms with E-state index in [1.807, 2.05) is 6.92 Å². The average Bonchev–Trinajstić information content (AvgIpc) is 2.53. The molecule has 0 spiro atoms. The lowest BCUT2D eigenvalue weighted by atomic mass is 10.0. The van der Waals surface area contributed by atoms with Gasteiger partial charge in [0.25, 0.3) is 11.5 Å². The van der Waals surface area contributed by atoms with E-state index < -0.39 is 0 Å². The third-order valence-electron chi connectivity index (χ3n) is 4.51. The van der Waals surface area contributed by atoms with E-state index in [2.05, 4.69) is 23.3 Å². The highest BCUT2D eigenvalue weighted by molar-refractivity contribution is 7.80. The molecule has 1 aliphatic rings. The molecule has 0 aromatic carbocycles. The smallest absolute Gasteiger partial charge is 0.330 e. The molecule has 1 atom stereocenters. The monoisotopic (exact) mass is 366 g/mol. The van der Waals surface area contributed by atoms with Gasteiger partial charge < -0.3 is 10.6 Å². The molecule has 2 heterocycles. The molecule has 8 heteroatoms. The number of amides is 1. The van der Waals surface area contributed by atoms with Crippen molar-refractivity contribution < 1.29 is 4.79 Å². The third kappa shape index (κ3) is 4.78. The molecule has 25 heavy (non-hydrogen) atoms. The van der Waals surface area contributed by atoms with E-state index in [1.165, 1.54) is 13.1 Å². The van der Waals surface area contributed by atoms with Crippen LogP contribution in [0.15, 0.2) is 26.9 Å². The Morgan fingerprint density at radius 1 is 1.08 bits per heavy atom. The highest BCUT2D eigenvalue weighted by atomic mass is 32.1. The molecular formula is C17H26N4O3S. The third-order valence-corrected chi connectivity index (χ3v) is 4.77. The summed E-state index contributed by atoms with van der Waals surface area (Å²) in [5, 5.41) is 5.85. The number of aryl methyl sites for hydroxylation is 1. The van der Waals surface area contributed by atoms with Crippen LogP contribution < -0.4 is 21.9 Å². The maximum Gasteiger partial charge on any atom is 0.330 e. The number of nitrogens with zero attached hydrogens (tertiary/aromatic N) is 2. The maximum absolute atomic E-state index is 12.1. The van der Waals surface area contributed by atoms with Crippen molar-refractivity contribution in [2.24, 2.45) is 7.05 Å². The summed E-state index contributed by atoms with van der Waals surface area (Å²) in [5.41, 5.74) is 1.51. The lowest BCUT2D eigenvalue weighted by Crippen LogP contribution is -2.46. The number of nitrogens with one attached hydrogen (secondary N) is 2. The number of allylic oxidation sites excluding steroid dienone is 1. The lowest BCUT2D eigenvalue weighted by Gasteiger charge is -2.25. The fourth-order valence-corrected chi connectivity index (χ4v) is 3.30. The summed E-state index contributed by atoms with van der Waals surface area (Å²) >= 11 is 4.20. The van der Waals surface area contributed by atoms with Gasteiger partial charge in [-0.25, -0.2) is 4.79 Å². The van der Waals surface area contributed by atoms with E-state index in [9.17, 15) is 14.4 Å². The first kappa shape index (κ1) is 19.4. The van der Waals surface area contributed by atoms with Gasteiger partial charge in [-0.05, 0) is 33.1 Å². The van der Waals surface area contributed by atoms with Gasteiger partial charge in [0.15, 0.2) is 0 Å². The Balaban J connectivity index is 1.79. The van der Waals surface area contributed by atoms with E-state index >= 15 is 0 Å². The van der Waals surface area contributed by atoms with E-state index in [-0.39, 0.29) is 22.7 Å². The molecule has 1 aromatic rings. The van der Waals surface area contributed by atoms with Crippen molar-refractivity contribution in [3.05, 3.63) is 43.9 Å². The molecule has 0 radical (unpaired) electrons. The molecule has 0 aliphatic carbocycles. The molecule has 0 bridgehead atoms. The first-order valence-electron chi connectivity index (χ1n) is 8.54. The van der Waals surface area contributed by atoms with Crippen molar-refractivity contribution in [2.45, 2.75) is 58.0 Å². The summed E-state index contributed by atoms with van der Waals surface area (Å²) in [6.07, 6.45) is 4.45. The number of carbonyl (C=O) groups is 1. The van der Waals surface area contributed by atoms with Gasteiger partial charge in [0.2, 0.25) is 0 Å². The molecular weight excluding hydrogens is 340 g/mol. The van der Waals surface area contributed by atoms with Crippen LogP contribution >= 0.6 is 12.6 Å². The molecule has 7 nitrogen and oxygen atoms in total. The van der Waals surface area contributed by atoms with Crippen LogP contribution in [0.2, 0.25) is 0 Å². The van der Waals surface area contributed by atoms with Crippen LogP contribution in [0.3, 0.4) is 0 Å². The normalized spacial score (nSPS) is 17.4. The molecule has 1 aromatic heterocycles. The van der Waals surface area contributed by atoms with Crippen molar-refractivity contribution in [3.8, 4) is 0 Å². The zero-order chi connectivity index (χ0) is 18.6. The van der Waals surface area contributed by atoms with Gasteiger partial charge in [-0.2, -0.15) is 0 Å². The summed E-state index contributed by atoms with van der Waals surface area (Å²) in [6.45, 7) is 4.28. The van der Waals surface area contributed by atoms with Gasteiger partial charge in [-0.3, -0.25) is 18.7 Å². The maximum atomic E-state index is 12.1. The molecule has 1 unspecified atom stereocenters. The first-order valence-corrected chi connectivity index (χ1v) is 9.05. The van der Waals surface area contributed by atoms with Crippen LogP contribution in [-0.4, -0.2) is 20.5 Å². The average molecular weight is 366 g/mol. The predicted octanol–water partition coefficient (Wildman–Crippen LogP) is 1.01. The molecule has 0 saturated carbocycles. The lowest BCUT2D eigenvalue weighted by molar-refractivity contribution is -0.118. The van der Waals surface area contributed by atoms with Gasteiger partial charge in [0.1, 0.15) is 5.50 Å². The van der Waals surface area contributed by atoms with E-state index in [0.717, 1.165) is 47.9 Å². The van der Waals surface area contributed by atoms with Gasteiger partial charge in [0.05, 0.1) is 0 Å². The number of rotatable bonds is 7. The van der Waals surface area contributed by atoms with Crippen molar-refractivity contribution in [3.63, 3.8) is 0 Å². The fraction of sp³-hybridized carbons (Fsp3) is 0.588. The fourth-order valence-electron chi connectivity index (χ4n) is 2.99. The van der Waals surface area contributed by atoms with Crippen LogP contribution in [0.1, 0.15) is 44.7 Å². The molecule has 2 rings (SSSR count). The van der Waals surface area contributed by atoms with E-state index in [1.54, 1.807) is 11.5 Å². The van der Waals surface area contributed by atoms with Crippen molar-refractivity contribution in [1.82, 2.24) is 19.8 Å². The van der Waals surface area contributed by atoms with Crippen LogP contribution in [0.5, 0.6) is 0 Å². The minimum atomic E-state index is -0.320. The number of carbonyl (C=O) groups excluding carboxylic acids is 1. The van der Waals surface area contributed by atoms with Crippen molar-refractivity contribution in [2.75, 3.05) is 0 Å². The van der Waals surface area contributed by atoms with Crippen LogP contribution in [0, 0.1) is 6.92 Å². The predicted molar refractivity (Wildman–Crippen MR) is 101 cm³/mol. The number of hydrogen-bond acceptors (Lipinski definition) is 5. The van der Waals surface area contributed by atoms with Gasteiger partial charge in [-0.15, -0.1) is 12.6 Å². The standard InChI is InChI=1S/C17H26N4O3S/c1-11-10-14(22)20(3)17(24)21(11)9-7-5-4-6-8-13-12(2)18-16(25)19-15(13)23/h10,16,18,25H,4-9H2,1-3H3,(H,19,23). The molecule has 1 aliphatic heterocycles. The zero-order valence-corrected chi connectivity index (χ0v) is 15.9. The summed E-state index contributed by atoms with van der Waals surface area (Å²) in [5.74, 6) is -0.0522. The van der Waals surface area contributed by atoms with E-state index in [4.69, 9.17) is 0 Å². The Labute approximate surface area is 152 Å². The highest BCUT2D eigenvalue weighted by Gasteiger charge is 2.20. The molecule has 0 saturated heterocycles. The summed E-state index contributed by atoms with van der Waals surface area (Å²) in [4.78, 5) is 35.6. The zero-order valence-electron chi connectivity index (χ0n) is 15.0. The number of thiol groups is 1. The summed E-state index contributed by atoms with van der Waals surface area (Å²) in [7, 11) is 1.50. The Morgan fingerprint density at radius 2 is 1.76 bits per heavy atom. The Hall–Kier alpha value is -1.96. The molecule has 138 valence electrons. The highest BCUT2D eigenvalue weighted by Crippen LogP contribution is 2.17. The minimum absolute atomic E-state index is 0.0522. The Morgan fingerprint density at radius 3 is 2.44 bits per heavy atom. The number of aromatic nitrogens is 2. The SMILES string of the molecule is CC1=C(CCCCCCn2c(C)cc(=O)n(C)c2=O)C(=O)NC(S)N1. The van der Waals surface area contributed by atoms with Gasteiger partial charge >= 0.3 is 5.69 Å². The van der Waals surface area contributed by atoms with Crippen LogP contribution in [0.25, 0.3) is 0 Å². The summed E-state index contributed by atoms with van der Waals surface area (Å²) < 4.78 is 2.77. The van der Waals surface area contributed by atoms with Crippen molar-refractivity contribution in [1.29, 1.82) is 0 Å². The number of unbranched alkanes of at least 4 members (excludes halogenated alkanes) is 3. The van der Waals surface area contributed by atoms with E-state index in [0.29, 0.717) is 12.2 Å². The molecule has 1 amide bonds. The second-order valence-electron chi connectivity index (χ2n) is 6.41. The first-order chi connectivity index (χ1) is 11.8. The second kappa shape index (κ2) is 8.42. The van der Waals surface area contributed by atoms with Crippen LogP contribution in [-0.2, 0) is 18.4 Å². The molecule has 0 fully saturated rings. The summed E-state index contributed by atoms with van der Waals surface area (Å²) in [6, 6.07) is 1.49. The van der Waals surface area contributed by atoms with Crippen LogP contribution in [0.4, 0.5) is 0 Å². The Bertz CT molecular complexity index is 794. The number of hydrogen-bond donors (Lipinski definition) is 3. The Kier molecular flexibility index (Phi) is 6.52. The second-order valence-corrected chi connectivity index (χ2v) is 6.92. The largest absolute Gasteiger partial charge is 0.360 e. The quantitative estimate of drug-likeness (QED) is 0.497. The minimum Gasteiger partial charge on any atom is -0.360 e. The topological polar surface area (TPSA) is 85.1 Å². The van der Waals surface area contributed by atoms with Gasteiger partial charge in [0, 0.05) is 36.6 Å². The van der Waals surface area contributed by atoms with Gasteiger partial charge in [-0.1, -0.05) is 12.8 Å². The van der Waals surface area contributed by atoms with Crippen molar-refractivity contribution >= 4 is 18.5 Å². The molecule has 2 N–H and O–H groups in total.